The van der Waals surface area contributed by atoms with E-state index in [1.54, 1.807) is 0 Å². The fraction of sp³-hybridized carbons (Fsp3) is 0.0625. The van der Waals surface area contributed by atoms with Crippen LogP contribution in [0.1, 0.15) is 18.1 Å². The van der Waals surface area contributed by atoms with Crippen molar-refractivity contribution in [1.29, 1.82) is 0 Å². The summed E-state index contributed by atoms with van der Waals surface area (Å²) in [7, 11) is 0. The minimum atomic E-state index is -0.696. The Labute approximate surface area is 137 Å². The maximum absolute atomic E-state index is 11.1. The molecule has 0 heterocycles. The standard InChI is InChI=1S/C16H14N4O4/c1-2-5-12-6-3-4-7-13(12)11-17-18-15-9-8-14(19(21)22)10-16(15)20(23)24/h2-11,18H,1H3/b5-2+,17-11?. The summed E-state index contributed by atoms with van der Waals surface area (Å²) in [5.41, 5.74) is 3.64. The first-order valence-electron chi connectivity index (χ1n) is 6.96. The maximum atomic E-state index is 11.1. The lowest BCUT2D eigenvalue weighted by Crippen LogP contribution is -1.99. The topological polar surface area (TPSA) is 111 Å². The SMILES string of the molecule is C/C=C/c1ccccc1C=NNc1ccc([N+](=O)[O-])cc1[N+](=O)[O-]. The molecule has 0 amide bonds. The van der Waals surface area contributed by atoms with Crippen molar-refractivity contribution >= 4 is 29.4 Å². The highest BCUT2D eigenvalue weighted by Gasteiger charge is 2.19. The van der Waals surface area contributed by atoms with Gasteiger partial charge >= 0.3 is 5.69 Å². The Morgan fingerprint density at radius 1 is 1.04 bits per heavy atom. The first-order chi connectivity index (χ1) is 11.5. The normalized spacial score (nSPS) is 11.0. The van der Waals surface area contributed by atoms with Crippen LogP contribution < -0.4 is 5.43 Å². The van der Waals surface area contributed by atoms with E-state index in [-0.39, 0.29) is 11.4 Å². The van der Waals surface area contributed by atoms with Gasteiger partial charge in [-0.25, -0.2) is 0 Å². The number of anilines is 1. The summed E-state index contributed by atoms with van der Waals surface area (Å²) in [4.78, 5) is 20.4. The van der Waals surface area contributed by atoms with Crippen LogP contribution in [0.5, 0.6) is 0 Å². The van der Waals surface area contributed by atoms with Gasteiger partial charge in [-0.05, 0) is 18.6 Å². The quantitative estimate of drug-likeness (QED) is 0.490. The number of nitrogens with zero attached hydrogens (tertiary/aromatic N) is 3. The summed E-state index contributed by atoms with van der Waals surface area (Å²) >= 11 is 0. The molecule has 2 aromatic rings. The van der Waals surface area contributed by atoms with Gasteiger partial charge in [0.1, 0.15) is 5.69 Å². The lowest BCUT2D eigenvalue weighted by molar-refractivity contribution is -0.393. The van der Waals surface area contributed by atoms with Crippen LogP contribution in [0.2, 0.25) is 0 Å². The second-order valence-electron chi connectivity index (χ2n) is 4.71. The van der Waals surface area contributed by atoms with Gasteiger partial charge in [0.05, 0.1) is 22.1 Å². The highest BCUT2D eigenvalue weighted by Crippen LogP contribution is 2.28. The van der Waals surface area contributed by atoms with E-state index >= 15 is 0 Å². The molecule has 0 saturated heterocycles. The number of nitrogens with one attached hydrogen (secondary N) is 1. The van der Waals surface area contributed by atoms with Crippen molar-refractivity contribution in [2.45, 2.75) is 6.92 Å². The van der Waals surface area contributed by atoms with E-state index in [2.05, 4.69) is 10.5 Å². The number of non-ortho nitro benzene ring substituents is 1. The smallest absolute Gasteiger partial charge is 0.272 e. The van der Waals surface area contributed by atoms with Crippen LogP contribution in [-0.2, 0) is 0 Å². The van der Waals surface area contributed by atoms with Gasteiger partial charge < -0.3 is 0 Å². The molecule has 1 N–H and O–H groups in total. The van der Waals surface area contributed by atoms with E-state index in [9.17, 15) is 20.2 Å². The van der Waals surface area contributed by atoms with Crippen LogP contribution in [0, 0.1) is 20.2 Å². The van der Waals surface area contributed by atoms with Crippen LogP contribution in [-0.4, -0.2) is 16.1 Å². The van der Waals surface area contributed by atoms with Gasteiger partial charge in [0, 0.05) is 11.6 Å². The van der Waals surface area contributed by atoms with Crippen molar-refractivity contribution in [1.82, 2.24) is 0 Å². The maximum Gasteiger partial charge on any atom is 0.301 e. The van der Waals surface area contributed by atoms with Crippen molar-refractivity contribution in [2.75, 3.05) is 5.43 Å². The molecule has 0 aliphatic heterocycles. The molecule has 122 valence electrons. The second-order valence-corrected chi connectivity index (χ2v) is 4.71. The molecule has 0 fully saturated rings. The molecule has 8 heteroatoms. The Bertz CT molecular complexity index is 831. The van der Waals surface area contributed by atoms with Gasteiger partial charge in [0.15, 0.2) is 0 Å². The van der Waals surface area contributed by atoms with E-state index in [1.807, 2.05) is 43.3 Å². The van der Waals surface area contributed by atoms with Crippen molar-refractivity contribution in [3.63, 3.8) is 0 Å². The molecule has 0 saturated carbocycles. The predicted octanol–water partition coefficient (Wildman–Crippen LogP) is 3.98. The van der Waals surface area contributed by atoms with Gasteiger partial charge in [0.2, 0.25) is 0 Å². The van der Waals surface area contributed by atoms with E-state index in [4.69, 9.17) is 0 Å². The summed E-state index contributed by atoms with van der Waals surface area (Å²) in [6, 6.07) is 10.8. The van der Waals surface area contributed by atoms with Crippen LogP contribution >= 0.6 is 0 Å². The highest BCUT2D eigenvalue weighted by molar-refractivity contribution is 5.86. The summed E-state index contributed by atoms with van der Waals surface area (Å²) in [5.74, 6) is 0. The minimum Gasteiger partial charge on any atom is -0.272 e. The van der Waals surface area contributed by atoms with E-state index in [1.165, 1.54) is 18.3 Å². The fourth-order valence-electron chi connectivity index (χ4n) is 2.01. The van der Waals surface area contributed by atoms with Crippen LogP contribution in [0.15, 0.2) is 53.6 Å². The molecule has 0 atom stereocenters. The van der Waals surface area contributed by atoms with Crippen molar-refractivity contribution < 1.29 is 9.85 Å². The first kappa shape index (κ1) is 16.8. The third kappa shape index (κ3) is 4.01. The summed E-state index contributed by atoms with van der Waals surface area (Å²) in [6.07, 6.45) is 5.33. The number of benzene rings is 2. The molecule has 0 radical (unpaired) electrons. The van der Waals surface area contributed by atoms with Crippen molar-refractivity contribution in [3.05, 3.63) is 79.9 Å². The van der Waals surface area contributed by atoms with E-state index in [0.29, 0.717) is 0 Å². The Morgan fingerprint density at radius 2 is 1.75 bits per heavy atom. The third-order valence-corrected chi connectivity index (χ3v) is 3.12. The number of allylic oxidation sites excluding steroid dienone is 1. The average Bonchev–Trinajstić information content (AvgIpc) is 2.56. The molecular formula is C16H14N4O4. The van der Waals surface area contributed by atoms with E-state index < -0.39 is 15.5 Å². The van der Waals surface area contributed by atoms with Crippen LogP contribution in [0.3, 0.4) is 0 Å². The second kappa shape index (κ2) is 7.63. The molecule has 0 aliphatic carbocycles. The molecule has 2 rings (SSSR count). The van der Waals surface area contributed by atoms with Crippen LogP contribution in [0.4, 0.5) is 17.1 Å². The Morgan fingerprint density at radius 3 is 2.38 bits per heavy atom. The van der Waals surface area contributed by atoms with Crippen molar-refractivity contribution in [3.8, 4) is 0 Å². The van der Waals surface area contributed by atoms with Gasteiger partial charge in [-0.2, -0.15) is 5.10 Å². The average molecular weight is 326 g/mol. The zero-order valence-electron chi connectivity index (χ0n) is 12.7. The summed E-state index contributed by atoms with van der Waals surface area (Å²) < 4.78 is 0. The van der Waals surface area contributed by atoms with Gasteiger partial charge in [-0.3, -0.25) is 25.7 Å². The highest BCUT2D eigenvalue weighted by atomic mass is 16.6. The summed E-state index contributed by atoms with van der Waals surface area (Å²) in [6.45, 7) is 1.90. The minimum absolute atomic E-state index is 0.0744. The molecule has 8 nitrogen and oxygen atoms in total. The molecule has 0 aliphatic rings. The predicted molar refractivity (Wildman–Crippen MR) is 92.1 cm³/mol. The number of hydrogen-bond donors (Lipinski definition) is 1. The lowest BCUT2D eigenvalue weighted by Gasteiger charge is -2.03. The Hall–Kier alpha value is -3.55. The van der Waals surface area contributed by atoms with Gasteiger partial charge in [0.25, 0.3) is 5.69 Å². The fourth-order valence-corrected chi connectivity index (χ4v) is 2.01. The number of rotatable bonds is 6. The summed E-state index contributed by atoms with van der Waals surface area (Å²) in [5, 5.41) is 25.8. The number of nitro benzene ring substituents is 2. The van der Waals surface area contributed by atoms with E-state index in [0.717, 1.165) is 17.2 Å². The van der Waals surface area contributed by atoms with Gasteiger partial charge in [-0.1, -0.05) is 36.4 Å². The third-order valence-electron chi connectivity index (χ3n) is 3.12. The lowest BCUT2D eigenvalue weighted by atomic mass is 10.1. The molecule has 0 spiro atoms. The van der Waals surface area contributed by atoms with Crippen LogP contribution in [0.25, 0.3) is 6.08 Å². The van der Waals surface area contributed by atoms with Gasteiger partial charge in [-0.15, -0.1) is 0 Å². The van der Waals surface area contributed by atoms with Crippen molar-refractivity contribution in [2.24, 2.45) is 5.10 Å². The molecule has 24 heavy (non-hydrogen) atoms. The number of hydrazone groups is 1. The molecule has 0 bridgehead atoms. The zero-order chi connectivity index (χ0) is 17.5. The molecule has 0 aromatic heterocycles. The first-order valence-corrected chi connectivity index (χ1v) is 6.96. The largest absolute Gasteiger partial charge is 0.301 e. The Balaban J connectivity index is 2.26. The molecule has 0 unspecified atom stereocenters. The molecular weight excluding hydrogens is 312 g/mol. The monoisotopic (exact) mass is 326 g/mol. The molecule has 2 aromatic carbocycles. The Kier molecular flexibility index (Phi) is 5.35. The zero-order valence-corrected chi connectivity index (χ0v) is 12.7. The number of hydrogen-bond acceptors (Lipinski definition) is 6. The number of nitro groups is 2.